The van der Waals surface area contributed by atoms with Crippen LogP contribution in [0.1, 0.15) is 16.8 Å². The summed E-state index contributed by atoms with van der Waals surface area (Å²) in [5.41, 5.74) is 4.61. The van der Waals surface area contributed by atoms with E-state index in [4.69, 9.17) is 0 Å². The van der Waals surface area contributed by atoms with E-state index in [1.54, 1.807) is 6.33 Å². The molecule has 2 aromatic rings. The van der Waals surface area contributed by atoms with Gasteiger partial charge in [-0.15, -0.1) is 0 Å². The first kappa shape index (κ1) is 13.4. The second kappa shape index (κ2) is 5.50. The lowest BCUT2D eigenvalue weighted by molar-refractivity contribution is -0.119. The summed E-state index contributed by atoms with van der Waals surface area (Å²) in [5, 5.41) is 0. The molecule has 1 aromatic carbocycles. The first-order chi connectivity index (χ1) is 10.8. The van der Waals surface area contributed by atoms with Gasteiger partial charge < -0.3 is 4.90 Å². The number of fused-ring (bicyclic) bond motifs is 2. The quantitative estimate of drug-likeness (QED) is 0.840. The summed E-state index contributed by atoms with van der Waals surface area (Å²) >= 11 is 0. The molecule has 0 bridgehead atoms. The van der Waals surface area contributed by atoms with Crippen molar-refractivity contribution in [2.75, 3.05) is 24.5 Å². The Labute approximate surface area is 129 Å². The molecule has 0 radical (unpaired) electrons. The van der Waals surface area contributed by atoms with Crippen LogP contribution in [0.25, 0.3) is 0 Å². The van der Waals surface area contributed by atoms with E-state index in [-0.39, 0.29) is 5.91 Å². The van der Waals surface area contributed by atoms with E-state index in [2.05, 4.69) is 20.9 Å². The van der Waals surface area contributed by atoms with Crippen LogP contribution in [-0.4, -0.2) is 40.4 Å². The number of benzene rings is 1. The van der Waals surface area contributed by atoms with Gasteiger partial charge in [-0.25, -0.2) is 9.97 Å². The third kappa shape index (κ3) is 2.37. The molecule has 112 valence electrons. The number of aromatic nitrogens is 2. The van der Waals surface area contributed by atoms with Gasteiger partial charge in [-0.05, 0) is 30.0 Å². The average Bonchev–Trinajstić information content (AvgIpc) is 2.99. The average molecular weight is 294 g/mol. The van der Waals surface area contributed by atoms with Crippen LogP contribution in [0, 0.1) is 0 Å². The van der Waals surface area contributed by atoms with Crippen molar-refractivity contribution in [1.82, 2.24) is 14.9 Å². The highest BCUT2D eigenvalue weighted by Gasteiger charge is 2.27. The van der Waals surface area contributed by atoms with Gasteiger partial charge in [0.1, 0.15) is 6.33 Å². The lowest BCUT2D eigenvalue weighted by atomic mass is 10.1. The van der Waals surface area contributed by atoms with Gasteiger partial charge in [0.25, 0.3) is 0 Å². The summed E-state index contributed by atoms with van der Waals surface area (Å²) in [7, 11) is 0. The molecule has 0 spiro atoms. The maximum atomic E-state index is 12.6. The summed E-state index contributed by atoms with van der Waals surface area (Å²) in [4.78, 5) is 25.1. The van der Waals surface area contributed by atoms with Crippen molar-refractivity contribution in [3.8, 4) is 0 Å². The Kier molecular flexibility index (Phi) is 3.35. The van der Waals surface area contributed by atoms with Crippen molar-refractivity contribution in [3.05, 3.63) is 53.6 Å². The third-order valence-electron chi connectivity index (χ3n) is 4.50. The van der Waals surface area contributed by atoms with E-state index >= 15 is 0 Å². The summed E-state index contributed by atoms with van der Waals surface area (Å²) in [5.74, 6) is 0.183. The van der Waals surface area contributed by atoms with Crippen molar-refractivity contribution in [2.24, 2.45) is 0 Å². The van der Waals surface area contributed by atoms with E-state index in [9.17, 15) is 4.79 Å². The number of nitrogens with zero attached hydrogens (tertiary/aromatic N) is 4. The molecule has 4 rings (SSSR count). The molecule has 0 fully saturated rings. The molecule has 0 N–H and O–H groups in total. The van der Waals surface area contributed by atoms with Gasteiger partial charge in [0.15, 0.2) is 0 Å². The fourth-order valence-corrected chi connectivity index (χ4v) is 3.31. The molecular formula is C17H18N4O. The number of amides is 1. The highest BCUT2D eigenvalue weighted by atomic mass is 16.2. The molecule has 0 saturated carbocycles. The lowest BCUT2D eigenvalue weighted by Crippen LogP contribution is -2.42. The Bertz CT molecular complexity index is 715. The summed E-state index contributed by atoms with van der Waals surface area (Å²) in [6, 6.07) is 8.18. The monoisotopic (exact) mass is 294 g/mol. The van der Waals surface area contributed by atoms with Crippen molar-refractivity contribution in [1.29, 1.82) is 0 Å². The Hall–Kier alpha value is -2.27. The van der Waals surface area contributed by atoms with E-state index in [0.29, 0.717) is 6.54 Å². The Morgan fingerprint density at radius 3 is 2.95 bits per heavy atom. The van der Waals surface area contributed by atoms with Gasteiger partial charge in [0.05, 0.1) is 12.2 Å². The molecule has 1 aromatic heterocycles. The molecule has 0 aliphatic carbocycles. The molecule has 0 atom stereocenters. The predicted octanol–water partition coefficient (Wildman–Crippen LogP) is 1.42. The summed E-state index contributed by atoms with van der Waals surface area (Å²) in [6.45, 7) is 2.88. The molecular weight excluding hydrogens is 276 g/mol. The largest absolute Gasteiger partial charge is 0.311 e. The van der Waals surface area contributed by atoms with Gasteiger partial charge in [-0.3, -0.25) is 9.69 Å². The maximum absolute atomic E-state index is 12.6. The second-order valence-electron chi connectivity index (χ2n) is 5.88. The van der Waals surface area contributed by atoms with E-state index in [1.165, 1.54) is 11.1 Å². The Morgan fingerprint density at radius 1 is 1.14 bits per heavy atom. The van der Waals surface area contributed by atoms with E-state index in [0.717, 1.165) is 43.9 Å². The number of para-hydroxylation sites is 1. The molecule has 2 aliphatic rings. The van der Waals surface area contributed by atoms with Crippen molar-refractivity contribution >= 4 is 11.6 Å². The van der Waals surface area contributed by atoms with Crippen LogP contribution in [0.2, 0.25) is 0 Å². The fourth-order valence-electron chi connectivity index (χ4n) is 3.31. The Morgan fingerprint density at radius 2 is 2.00 bits per heavy atom. The number of hydrogen-bond donors (Lipinski definition) is 0. The highest BCUT2D eigenvalue weighted by molar-refractivity contribution is 5.96. The van der Waals surface area contributed by atoms with Crippen LogP contribution >= 0.6 is 0 Å². The molecule has 0 saturated heterocycles. The minimum absolute atomic E-state index is 0.183. The number of hydrogen-bond acceptors (Lipinski definition) is 4. The number of rotatable bonds is 2. The molecule has 1 amide bonds. The smallest absolute Gasteiger partial charge is 0.241 e. The molecule has 0 unspecified atom stereocenters. The van der Waals surface area contributed by atoms with Crippen molar-refractivity contribution in [2.45, 2.75) is 19.4 Å². The zero-order valence-electron chi connectivity index (χ0n) is 12.4. The van der Waals surface area contributed by atoms with Gasteiger partial charge in [-0.2, -0.15) is 0 Å². The van der Waals surface area contributed by atoms with E-state index < -0.39 is 0 Å². The SMILES string of the molecule is O=C(CN1CCc2cncnc2C1)N1CCc2ccccc21. The first-order valence-electron chi connectivity index (χ1n) is 7.69. The molecule has 5 heteroatoms. The summed E-state index contributed by atoms with van der Waals surface area (Å²) in [6.07, 6.45) is 5.34. The number of anilines is 1. The molecule has 2 aliphatic heterocycles. The van der Waals surface area contributed by atoms with Crippen LogP contribution in [-0.2, 0) is 24.2 Å². The van der Waals surface area contributed by atoms with Gasteiger partial charge in [0.2, 0.25) is 5.91 Å². The standard InChI is InChI=1S/C17H18N4O/c22-17(21-8-6-13-3-1-2-4-16(13)21)11-20-7-5-14-9-18-12-19-15(14)10-20/h1-4,9,12H,5-8,10-11H2. The molecule has 3 heterocycles. The van der Waals surface area contributed by atoms with Gasteiger partial charge >= 0.3 is 0 Å². The lowest BCUT2D eigenvalue weighted by Gasteiger charge is -2.28. The third-order valence-corrected chi connectivity index (χ3v) is 4.50. The zero-order chi connectivity index (χ0) is 14.9. The fraction of sp³-hybridized carbons (Fsp3) is 0.353. The minimum Gasteiger partial charge on any atom is -0.311 e. The predicted molar refractivity (Wildman–Crippen MR) is 83.5 cm³/mol. The van der Waals surface area contributed by atoms with Gasteiger partial charge in [-0.1, -0.05) is 18.2 Å². The highest BCUT2D eigenvalue weighted by Crippen LogP contribution is 2.27. The van der Waals surface area contributed by atoms with Crippen molar-refractivity contribution in [3.63, 3.8) is 0 Å². The minimum atomic E-state index is 0.183. The topological polar surface area (TPSA) is 49.3 Å². The van der Waals surface area contributed by atoms with Crippen LogP contribution in [0.4, 0.5) is 5.69 Å². The maximum Gasteiger partial charge on any atom is 0.241 e. The normalized spacial score (nSPS) is 17.2. The van der Waals surface area contributed by atoms with Crippen LogP contribution in [0.3, 0.4) is 0 Å². The second-order valence-corrected chi connectivity index (χ2v) is 5.88. The zero-order valence-corrected chi connectivity index (χ0v) is 12.4. The van der Waals surface area contributed by atoms with Crippen LogP contribution < -0.4 is 4.90 Å². The van der Waals surface area contributed by atoms with Crippen molar-refractivity contribution < 1.29 is 4.79 Å². The van der Waals surface area contributed by atoms with Gasteiger partial charge in [0, 0.05) is 31.5 Å². The number of carbonyl (C=O) groups excluding carboxylic acids is 1. The van der Waals surface area contributed by atoms with Crippen LogP contribution in [0.15, 0.2) is 36.8 Å². The molecule has 5 nitrogen and oxygen atoms in total. The first-order valence-corrected chi connectivity index (χ1v) is 7.69. The summed E-state index contributed by atoms with van der Waals surface area (Å²) < 4.78 is 0. The number of carbonyl (C=O) groups is 1. The van der Waals surface area contributed by atoms with E-state index in [1.807, 2.05) is 29.3 Å². The Balaban J connectivity index is 1.46. The molecule has 22 heavy (non-hydrogen) atoms. The van der Waals surface area contributed by atoms with Crippen LogP contribution in [0.5, 0.6) is 0 Å².